The first-order chi connectivity index (χ1) is 9.42. The molecule has 3 rings (SSSR count). The molecule has 0 saturated carbocycles. The number of nitrogens with zero attached hydrogens (tertiary/aromatic N) is 1. The van der Waals surface area contributed by atoms with Crippen molar-refractivity contribution in [2.75, 3.05) is 36.5 Å². The van der Waals surface area contributed by atoms with Crippen molar-refractivity contribution < 1.29 is 4.74 Å². The minimum absolute atomic E-state index is 0.823. The molecule has 3 heteroatoms. The molecule has 0 radical (unpaired) electrons. The van der Waals surface area contributed by atoms with Gasteiger partial charge in [0.25, 0.3) is 0 Å². The number of nitrogens with one attached hydrogen (secondary N) is 1. The quantitative estimate of drug-likeness (QED) is 0.909. The van der Waals surface area contributed by atoms with Crippen molar-refractivity contribution in [3.8, 4) is 0 Å². The van der Waals surface area contributed by atoms with Gasteiger partial charge in [0.2, 0.25) is 0 Å². The molecule has 2 aromatic carbocycles. The molecule has 98 valence electrons. The first kappa shape index (κ1) is 12.1. The first-order valence-corrected chi connectivity index (χ1v) is 6.67. The Bertz CT molecular complexity index is 504. The highest BCUT2D eigenvalue weighted by Crippen LogP contribution is 2.21. The zero-order valence-electron chi connectivity index (χ0n) is 10.9. The van der Waals surface area contributed by atoms with Gasteiger partial charge in [-0.05, 0) is 36.4 Å². The van der Waals surface area contributed by atoms with E-state index in [4.69, 9.17) is 4.74 Å². The Hall–Kier alpha value is -2.00. The van der Waals surface area contributed by atoms with E-state index in [9.17, 15) is 0 Å². The highest BCUT2D eigenvalue weighted by molar-refractivity contribution is 5.62. The van der Waals surface area contributed by atoms with E-state index in [1.165, 1.54) is 5.69 Å². The lowest BCUT2D eigenvalue weighted by molar-refractivity contribution is 0.122. The van der Waals surface area contributed by atoms with Gasteiger partial charge in [0.1, 0.15) is 0 Å². The summed E-state index contributed by atoms with van der Waals surface area (Å²) in [5, 5.41) is 3.39. The summed E-state index contributed by atoms with van der Waals surface area (Å²) < 4.78 is 5.37. The molecule has 1 aliphatic heterocycles. The van der Waals surface area contributed by atoms with Crippen molar-refractivity contribution in [1.29, 1.82) is 0 Å². The molecule has 1 N–H and O–H groups in total. The standard InChI is InChI=1S/C16H18N2O/c1-2-4-14(5-3-1)17-15-6-8-16(9-7-15)18-10-12-19-13-11-18/h1-9,17H,10-13H2. The van der Waals surface area contributed by atoms with Crippen LogP contribution in [0.3, 0.4) is 0 Å². The summed E-state index contributed by atoms with van der Waals surface area (Å²) in [6, 6.07) is 18.8. The second-order valence-corrected chi connectivity index (χ2v) is 4.64. The maximum Gasteiger partial charge on any atom is 0.0642 e. The molecule has 1 saturated heterocycles. The maximum absolute atomic E-state index is 5.37. The number of ether oxygens (including phenoxy) is 1. The Morgan fingerprint density at radius 2 is 1.42 bits per heavy atom. The van der Waals surface area contributed by atoms with Gasteiger partial charge >= 0.3 is 0 Å². The lowest BCUT2D eigenvalue weighted by Crippen LogP contribution is -2.36. The molecule has 19 heavy (non-hydrogen) atoms. The summed E-state index contributed by atoms with van der Waals surface area (Å²) >= 11 is 0. The molecule has 0 aromatic heterocycles. The smallest absolute Gasteiger partial charge is 0.0642 e. The monoisotopic (exact) mass is 254 g/mol. The van der Waals surface area contributed by atoms with Crippen LogP contribution >= 0.6 is 0 Å². The van der Waals surface area contributed by atoms with Crippen LogP contribution in [0.4, 0.5) is 17.1 Å². The molecular weight excluding hydrogens is 236 g/mol. The SMILES string of the molecule is c1ccc(Nc2ccc(N3CCOCC3)cc2)cc1. The molecule has 2 aromatic rings. The summed E-state index contributed by atoms with van der Waals surface area (Å²) in [7, 11) is 0. The fourth-order valence-corrected chi connectivity index (χ4v) is 2.27. The minimum atomic E-state index is 0.823. The third kappa shape index (κ3) is 3.06. The second-order valence-electron chi connectivity index (χ2n) is 4.64. The number of rotatable bonds is 3. The fraction of sp³-hybridized carbons (Fsp3) is 0.250. The summed E-state index contributed by atoms with van der Waals surface area (Å²) in [6.07, 6.45) is 0. The minimum Gasteiger partial charge on any atom is -0.378 e. The fourth-order valence-electron chi connectivity index (χ4n) is 2.27. The van der Waals surface area contributed by atoms with Crippen molar-refractivity contribution >= 4 is 17.1 Å². The lowest BCUT2D eigenvalue weighted by atomic mass is 10.2. The molecular formula is C16H18N2O. The molecule has 1 fully saturated rings. The highest BCUT2D eigenvalue weighted by atomic mass is 16.5. The van der Waals surface area contributed by atoms with Crippen LogP contribution in [0.2, 0.25) is 0 Å². The van der Waals surface area contributed by atoms with Gasteiger partial charge in [0.15, 0.2) is 0 Å². The molecule has 1 aliphatic rings. The molecule has 0 bridgehead atoms. The molecule has 0 amide bonds. The number of benzene rings is 2. The Morgan fingerprint density at radius 3 is 2.11 bits per heavy atom. The topological polar surface area (TPSA) is 24.5 Å². The number of morpholine rings is 1. The summed E-state index contributed by atoms with van der Waals surface area (Å²) in [4.78, 5) is 2.36. The summed E-state index contributed by atoms with van der Waals surface area (Å²) in [6.45, 7) is 3.60. The van der Waals surface area contributed by atoms with Crippen LogP contribution in [-0.2, 0) is 4.74 Å². The third-order valence-electron chi connectivity index (χ3n) is 3.31. The van der Waals surface area contributed by atoms with Crippen LogP contribution in [0.15, 0.2) is 54.6 Å². The normalized spacial score (nSPS) is 15.3. The molecule has 0 aliphatic carbocycles. The average Bonchev–Trinajstić information content (AvgIpc) is 2.50. The van der Waals surface area contributed by atoms with Crippen LogP contribution < -0.4 is 10.2 Å². The third-order valence-corrected chi connectivity index (χ3v) is 3.31. The predicted octanol–water partition coefficient (Wildman–Crippen LogP) is 3.27. The molecule has 0 atom stereocenters. The number of hydrogen-bond donors (Lipinski definition) is 1. The molecule has 0 spiro atoms. The van der Waals surface area contributed by atoms with Gasteiger partial charge in [-0.2, -0.15) is 0 Å². The van der Waals surface area contributed by atoms with E-state index in [2.05, 4.69) is 46.6 Å². The van der Waals surface area contributed by atoms with Gasteiger partial charge < -0.3 is 15.0 Å². The second kappa shape index (κ2) is 5.76. The van der Waals surface area contributed by atoms with Crippen molar-refractivity contribution in [3.05, 3.63) is 54.6 Å². The van der Waals surface area contributed by atoms with Gasteiger partial charge in [-0.15, -0.1) is 0 Å². The predicted molar refractivity (Wildman–Crippen MR) is 79.2 cm³/mol. The Morgan fingerprint density at radius 1 is 0.789 bits per heavy atom. The first-order valence-electron chi connectivity index (χ1n) is 6.67. The Kier molecular flexibility index (Phi) is 3.65. The zero-order chi connectivity index (χ0) is 12.9. The highest BCUT2D eigenvalue weighted by Gasteiger charge is 2.10. The van der Waals surface area contributed by atoms with Crippen LogP contribution in [-0.4, -0.2) is 26.3 Å². The Balaban J connectivity index is 1.68. The van der Waals surface area contributed by atoms with Crippen molar-refractivity contribution in [1.82, 2.24) is 0 Å². The van der Waals surface area contributed by atoms with Gasteiger partial charge in [0, 0.05) is 30.2 Å². The Labute approximate surface area is 113 Å². The summed E-state index contributed by atoms with van der Waals surface area (Å²) in [5.41, 5.74) is 3.49. The van der Waals surface area contributed by atoms with Crippen molar-refractivity contribution in [2.45, 2.75) is 0 Å². The van der Waals surface area contributed by atoms with Gasteiger partial charge in [0.05, 0.1) is 13.2 Å². The maximum atomic E-state index is 5.37. The summed E-state index contributed by atoms with van der Waals surface area (Å²) in [5.74, 6) is 0. The van der Waals surface area contributed by atoms with Crippen LogP contribution in [0, 0.1) is 0 Å². The van der Waals surface area contributed by atoms with Gasteiger partial charge in [-0.25, -0.2) is 0 Å². The van der Waals surface area contributed by atoms with E-state index in [1.807, 2.05) is 18.2 Å². The number of hydrogen-bond acceptors (Lipinski definition) is 3. The largest absolute Gasteiger partial charge is 0.378 e. The average molecular weight is 254 g/mol. The van der Waals surface area contributed by atoms with E-state index >= 15 is 0 Å². The van der Waals surface area contributed by atoms with E-state index in [1.54, 1.807) is 0 Å². The molecule has 1 heterocycles. The van der Waals surface area contributed by atoms with Crippen LogP contribution in [0.25, 0.3) is 0 Å². The number of para-hydroxylation sites is 1. The molecule has 0 unspecified atom stereocenters. The van der Waals surface area contributed by atoms with Crippen LogP contribution in [0.5, 0.6) is 0 Å². The van der Waals surface area contributed by atoms with Crippen molar-refractivity contribution in [2.24, 2.45) is 0 Å². The van der Waals surface area contributed by atoms with Crippen LogP contribution in [0.1, 0.15) is 0 Å². The molecule has 3 nitrogen and oxygen atoms in total. The number of anilines is 3. The van der Waals surface area contributed by atoms with Crippen molar-refractivity contribution in [3.63, 3.8) is 0 Å². The van der Waals surface area contributed by atoms with E-state index in [0.29, 0.717) is 0 Å². The van der Waals surface area contributed by atoms with E-state index in [0.717, 1.165) is 37.7 Å². The van der Waals surface area contributed by atoms with Gasteiger partial charge in [-0.3, -0.25) is 0 Å². The van der Waals surface area contributed by atoms with E-state index < -0.39 is 0 Å². The van der Waals surface area contributed by atoms with E-state index in [-0.39, 0.29) is 0 Å². The van der Waals surface area contributed by atoms with Gasteiger partial charge in [-0.1, -0.05) is 18.2 Å². The zero-order valence-corrected chi connectivity index (χ0v) is 10.9. The lowest BCUT2D eigenvalue weighted by Gasteiger charge is -2.28.